The molecular formula is C21H28N4O4S. The van der Waals surface area contributed by atoms with E-state index in [1.54, 1.807) is 14.0 Å². The minimum atomic E-state index is -3.21. The monoisotopic (exact) mass is 432 g/mol. The van der Waals surface area contributed by atoms with Gasteiger partial charge < -0.3 is 9.72 Å². The summed E-state index contributed by atoms with van der Waals surface area (Å²) in [4.78, 5) is 22.7. The first-order valence-electron chi connectivity index (χ1n) is 10.3. The minimum Gasteiger partial charge on any atom is -0.497 e. The standard InChI is InChI=1S/C21H28N4O4S/c1-3-30(27,28)25-11-8-16(13-25)20-22-19-9-10-24(14-18(19)21(26)23-20)12-15-4-6-17(29-2)7-5-15/h4-7,16H,3,8-14H2,1-2H3,(H,22,23,26). The molecule has 0 saturated carbocycles. The fraction of sp³-hybridized carbons (Fsp3) is 0.524. The largest absolute Gasteiger partial charge is 0.497 e. The molecule has 0 radical (unpaired) electrons. The van der Waals surface area contributed by atoms with E-state index in [2.05, 4.69) is 9.88 Å². The van der Waals surface area contributed by atoms with Gasteiger partial charge in [0.25, 0.3) is 5.56 Å². The van der Waals surface area contributed by atoms with Crippen molar-refractivity contribution in [3.8, 4) is 5.75 Å². The highest BCUT2D eigenvalue weighted by Gasteiger charge is 2.33. The van der Waals surface area contributed by atoms with Crippen LogP contribution in [0.25, 0.3) is 0 Å². The SMILES string of the molecule is CCS(=O)(=O)N1CCC(c2nc3c(c(=O)[nH]2)CN(Cc2ccc(OC)cc2)CC3)C1. The van der Waals surface area contributed by atoms with Crippen LogP contribution in [-0.4, -0.2) is 60.1 Å². The van der Waals surface area contributed by atoms with Crippen LogP contribution in [0.1, 0.15) is 41.9 Å². The molecule has 162 valence electrons. The topological polar surface area (TPSA) is 95.6 Å². The van der Waals surface area contributed by atoms with E-state index in [4.69, 9.17) is 9.72 Å². The van der Waals surface area contributed by atoms with E-state index in [0.29, 0.717) is 38.3 Å². The van der Waals surface area contributed by atoms with Gasteiger partial charge in [-0.15, -0.1) is 0 Å². The molecule has 1 saturated heterocycles. The van der Waals surface area contributed by atoms with Gasteiger partial charge >= 0.3 is 0 Å². The average molecular weight is 433 g/mol. The van der Waals surface area contributed by atoms with Crippen LogP contribution in [-0.2, 0) is 29.5 Å². The van der Waals surface area contributed by atoms with Crippen molar-refractivity contribution in [3.05, 3.63) is 57.3 Å². The molecule has 0 amide bonds. The maximum Gasteiger partial charge on any atom is 0.255 e. The predicted octanol–water partition coefficient (Wildman–Crippen LogP) is 1.48. The van der Waals surface area contributed by atoms with Crippen molar-refractivity contribution in [2.45, 2.75) is 38.8 Å². The van der Waals surface area contributed by atoms with Crippen molar-refractivity contribution in [1.82, 2.24) is 19.2 Å². The Bertz CT molecular complexity index is 1070. The van der Waals surface area contributed by atoms with E-state index >= 15 is 0 Å². The number of sulfonamides is 1. The summed E-state index contributed by atoms with van der Waals surface area (Å²) in [5.41, 5.74) is 2.63. The van der Waals surface area contributed by atoms with Gasteiger partial charge in [0.1, 0.15) is 11.6 Å². The van der Waals surface area contributed by atoms with Crippen molar-refractivity contribution in [3.63, 3.8) is 0 Å². The number of fused-ring (bicyclic) bond motifs is 1. The smallest absolute Gasteiger partial charge is 0.255 e. The third-order valence-corrected chi connectivity index (χ3v) is 7.88. The Morgan fingerprint density at radius 1 is 1.23 bits per heavy atom. The lowest BCUT2D eigenvalue weighted by Gasteiger charge is -2.28. The second kappa shape index (κ2) is 8.49. The van der Waals surface area contributed by atoms with Gasteiger partial charge in [-0.1, -0.05) is 12.1 Å². The number of aromatic nitrogens is 2. The molecule has 1 aromatic carbocycles. The number of hydrogen-bond acceptors (Lipinski definition) is 6. The molecule has 1 atom stereocenters. The van der Waals surface area contributed by atoms with Gasteiger partial charge in [-0.3, -0.25) is 9.69 Å². The van der Waals surface area contributed by atoms with Crippen molar-refractivity contribution >= 4 is 10.0 Å². The maximum absolute atomic E-state index is 12.8. The second-order valence-electron chi connectivity index (χ2n) is 7.93. The van der Waals surface area contributed by atoms with Crippen LogP contribution >= 0.6 is 0 Å². The first-order chi connectivity index (χ1) is 14.4. The summed E-state index contributed by atoms with van der Waals surface area (Å²) in [6, 6.07) is 7.96. The van der Waals surface area contributed by atoms with Crippen LogP contribution < -0.4 is 10.3 Å². The van der Waals surface area contributed by atoms with Crippen LogP contribution in [0.2, 0.25) is 0 Å². The predicted molar refractivity (Wildman–Crippen MR) is 114 cm³/mol. The summed E-state index contributed by atoms with van der Waals surface area (Å²) in [5, 5.41) is 0. The molecular weight excluding hydrogens is 404 g/mol. The summed E-state index contributed by atoms with van der Waals surface area (Å²) in [6.45, 7) is 4.68. The van der Waals surface area contributed by atoms with E-state index in [9.17, 15) is 13.2 Å². The van der Waals surface area contributed by atoms with Gasteiger partial charge in [0, 0.05) is 45.1 Å². The summed E-state index contributed by atoms with van der Waals surface area (Å²) < 4.78 is 31.0. The molecule has 2 aliphatic heterocycles. The van der Waals surface area contributed by atoms with Crippen LogP contribution in [0.15, 0.2) is 29.1 Å². The Kier molecular flexibility index (Phi) is 5.95. The van der Waals surface area contributed by atoms with Crippen molar-refractivity contribution in [1.29, 1.82) is 0 Å². The molecule has 3 heterocycles. The first-order valence-corrected chi connectivity index (χ1v) is 12.0. The number of nitrogens with zero attached hydrogens (tertiary/aromatic N) is 3. The maximum atomic E-state index is 12.8. The zero-order valence-electron chi connectivity index (χ0n) is 17.4. The molecule has 0 bridgehead atoms. The van der Waals surface area contributed by atoms with E-state index < -0.39 is 10.0 Å². The molecule has 2 aliphatic rings. The summed E-state index contributed by atoms with van der Waals surface area (Å²) in [7, 11) is -1.56. The quantitative estimate of drug-likeness (QED) is 0.743. The van der Waals surface area contributed by atoms with Gasteiger partial charge in [0.2, 0.25) is 10.0 Å². The lowest BCUT2D eigenvalue weighted by Crippen LogP contribution is -2.36. The Morgan fingerprint density at radius 2 is 2.00 bits per heavy atom. The van der Waals surface area contributed by atoms with Gasteiger partial charge in [-0.25, -0.2) is 17.7 Å². The third-order valence-electron chi connectivity index (χ3n) is 6.03. The molecule has 2 aromatic rings. The van der Waals surface area contributed by atoms with Crippen molar-refractivity contribution in [2.75, 3.05) is 32.5 Å². The number of aromatic amines is 1. The lowest BCUT2D eigenvalue weighted by atomic mass is 10.0. The average Bonchev–Trinajstić information content (AvgIpc) is 3.26. The highest BCUT2D eigenvalue weighted by molar-refractivity contribution is 7.89. The summed E-state index contributed by atoms with van der Waals surface area (Å²) >= 11 is 0. The number of ether oxygens (including phenoxy) is 1. The van der Waals surface area contributed by atoms with Crippen LogP contribution in [0.5, 0.6) is 5.75 Å². The normalized spacial score (nSPS) is 20.3. The van der Waals surface area contributed by atoms with Crippen LogP contribution in [0.4, 0.5) is 0 Å². The molecule has 1 unspecified atom stereocenters. The number of nitrogens with one attached hydrogen (secondary N) is 1. The van der Waals surface area contributed by atoms with E-state index in [0.717, 1.165) is 30.1 Å². The van der Waals surface area contributed by atoms with E-state index in [1.807, 2.05) is 24.3 Å². The number of benzene rings is 1. The third kappa shape index (κ3) is 4.28. The molecule has 0 aliphatic carbocycles. The van der Waals surface area contributed by atoms with Gasteiger partial charge in [0.15, 0.2) is 0 Å². The lowest BCUT2D eigenvalue weighted by molar-refractivity contribution is 0.241. The van der Waals surface area contributed by atoms with Gasteiger partial charge in [0.05, 0.1) is 24.1 Å². The highest BCUT2D eigenvalue weighted by Crippen LogP contribution is 2.27. The number of H-pyrrole nitrogens is 1. The highest BCUT2D eigenvalue weighted by atomic mass is 32.2. The Labute approximate surface area is 176 Å². The minimum absolute atomic E-state index is 0.0540. The molecule has 8 nitrogen and oxygen atoms in total. The molecule has 0 spiro atoms. The number of methoxy groups -OCH3 is 1. The van der Waals surface area contributed by atoms with E-state index in [1.165, 1.54) is 9.87 Å². The Morgan fingerprint density at radius 3 is 2.70 bits per heavy atom. The summed E-state index contributed by atoms with van der Waals surface area (Å²) in [6.07, 6.45) is 1.40. The first kappa shape index (κ1) is 21.0. The van der Waals surface area contributed by atoms with Gasteiger partial charge in [-0.05, 0) is 31.0 Å². The molecule has 30 heavy (non-hydrogen) atoms. The molecule has 1 fully saturated rings. The van der Waals surface area contributed by atoms with Crippen LogP contribution in [0.3, 0.4) is 0 Å². The summed E-state index contributed by atoms with van der Waals surface area (Å²) in [5.74, 6) is 1.49. The zero-order chi connectivity index (χ0) is 21.3. The Balaban J connectivity index is 1.47. The molecule has 4 rings (SSSR count). The van der Waals surface area contributed by atoms with Crippen molar-refractivity contribution < 1.29 is 13.2 Å². The van der Waals surface area contributed by atoms with Crippen molar-refractivity contribution in [2.24, 2.45) is 0 Å². The molecule has 1 aromatic heterocycles. The Hall–Kier alpha value is -2.23. The second-order valence-corrected chi connectivity index (χ2v) is 10.2. The number of hydrogen-bond donors (Lipinski definition) is 1. The number of rotatable bonds is 6. The van der Waals surface area contributed by atoms with E-state index in [-0.39, 0.29) is 17.2 Å². The van der Waals surface area contributed by atoms with Gasteiger partial charge in [-0.2, -0.15) is 0 Å². The fourth-order valence-corrected chi connectivity index (χ4v) is 5.36. The molecule has 1 N–H and O–H groups in total. The molecule has 9 heteroatoms. The fourth-order valence-electron chi connectivity index (χ4n) is 4.20. The zero-order valence-corrected chi connectivity index (χ0v) is 18.2. The van der Waals surface area contributed by atoms with Crippen LogP contribution in [0, 0.1) is 0 Å².